The second kappa shape index (κ2) is 9.26. The molecule has 1 saturated heterocycles. The molecule has 0 atom stereocenters. The van der Waals surface area contributed by atoms with Crippen molar-refractivity contribution in [3.05, 3.63) is 77.4 Å². The molecule has 3 aromatic rings. The van der Waals surface area contributed by atoms with Gasteiger partial charge in [0.15, 0.2) is 0 Å². The van der Waals surface area contributed by atoms with Crippen molar-refractivity contribution in [1.29, 1.82) is 0 Å². The van der Waals surface area contributed by atoms with Gasteiger partial charge in [-0.1, -0.05) is 24.6 Å². The van der Waals surface area contributed by atoms with E-state index in [0.717, 1.165) is 41.9 Å². The molecule has 7 nitrogen and oxygen atoms in total. The number of aromatic nitrogens is 2. The number of benzene rings is 2. The summed E-state index contributed by atoms with van der Waals surface area (Å²) in [4.78, 5) is 17.3. The molecule has 0 radical (unpaired) electrons. The monoisotopic (exact) mass is 452 g/mol. The van der Waals surface area contributed by atoms with Crippen LogP contribution in [0.15, 0.2) is 59.8 Å². The molecule has 0 bridgehead atoms. The molecule has 1 fully saturated rings. The summed E-state index contributed by atoms with van der Waals surface area (Å²) in [5.41, 5.74) is 3.08. The fourth-order valence-corrected chi connectivity index (χ4v) is 5.51. The van der Waals surface area contributed by atoms with Gasteiger partial charge in [0.05, 0.1) is 4.90 Å². The molecule has 8 heteroatoms. The first-order valence-corrected chi connectivity index (χ1v) is 12.3. The Morgan fingerprint density at radius 2 is 1.75 bits per heavy atom. The maximum absolute atomic E-state index is 13.0. The Morgan fingerprint density at radius 1 is 1.03 bits per heavy atom. The zero-order valence-corrected chi connectivity index (χ0v) is 19.2. The average Bonchev–Trinajstić information content (AvgIpc) is 3.24. The summed E-state index contributed by atoms with van der Waals surface area (Å²) >= 11 is 0. The Hall–Kier alpha value is -2.97. The molecular weight excluding hydrogens is 424 g/mol. The van der Waals surface area contributed by atoms with Crippen molar-refractivity contribution < 1.29 is 13.2 Å². The summed E-state index contributed by atoms with van der Waals surface area (Å²) < 4.78 is 29.5. The third-order valence-electron chi connectivity index (χ3n) is 5.90. The van der Waals surface area contributed by atoms with E-state index in [4.69, 9.17) is 0 Å². The summed E-state index contributed by atoms with van der Waals surface area (Å²) in [6, 6.07) is 12.7. The predicted molar refractivity (Wildman–Crippen MR) is 123 cm³/mol. The van der Waals surface area contributed by atoms with E-state index in [2.05, 4.69) is 10.3 Å². The van der Waals surface area contributed by atoms with Crippen LogP contribution in [0, 0.1) is 13.8 Å². The van der Waals surface area contributed by atoms with Gasteiger partial charge in [-0.15, -0.1) is 0 Å². The molecule has 1 N–H and O–H groups in total. The second-order valence-corrected chi connectivity index (χ2v) is 10.1. The van der Waals surface area contributed by atoms with E-state index >= 15 is 0 Å². The molecular formula is C24H28N4O3S. The number of hydrogen-bond acceptors (Lipinski definition) is 4. The number of amides is 1. The largest absolute Gasteiger partial charge is 0.348 e. The van der Waals surface area contributed by atoms with Crippen molar-refractivity contribution in [2.24, 2.45) is 0 Å². The number of carbonyl (C=O) groups is 1. The number of carbonyl (C=O) groups excluding carboxylic acids is 1. The molecule has 0 aliphatic carbocycles. The highest BCUT2D eigenvalue weighted by molar-refractivity contribution is 7.89. The van der Waals surface area contributed by atoms with E-state index in [1.54, 1.807) is 18.3 Å². The van der Waals surface area contributed by atoms with E-state index in [1.807, 2.05) is 48.9 Å². The Bertz CT molecular complexity index is 1210. The molecule has 32 heavy (non-hydrogen) atoms. The number of hydrogen-bond donors (Lipinski definition) is 1. The van der Waals surface area contributed by atoms with Gasteiger partial charge in [-0.25, -0.2) is 13.4 Å². The zero-order chi connectivity index (χ0) is 22.7. The van der Waals surface area contributed by atoms with E-state index < -0.39 is 10.0 Å². The minimum absolute atomic E-state index is 0.176. The van der Waals surface area contributed by atoms with Crippen molar-refractivity contribution in [3.8, 4) is 5.69 Å². The SMILES string of the molecule is Cc1ccc(S(=O)(=O)N2CCCCC2)cc1C(=O)NCc1ccc(-n2ccnc2C)cc1. The molecule has 4 rings (SSSR count). The molecule has 1 aromatic heterocycles. The van der Waals surface area contributed by atoms with Crippen LogP contribution in [0.5, 0.6) is 0 Å². The number of nitrogens with zero attached hydrogens (tertiary/aromatic N) is 3. The van der Waals surface area contributed by atoms with E-state index in [9.17, 15) is 13.2 Å². The van der Waals surface area contributed by atoms with Crippen molar-refractivity contribution in [2.75, 3.05) is 13.1 Å². The van der Waals surface area contributed by atoms with Gasteiger partial charge in [0.25, 0.3) is 5.91 Å². The average molecular weight is 453 g/mol. The first kappa shape index (κ1) is 22.2. The Morgan fingerprint density at radius 3 is 2.41 bits per heavy atom. The summed E-state index contributed by atoms with van der Waals surface area (Å²) in [5.74, 6) is 0.619. The minimum Gasteiger partial charge on any atom is -0.348 e. The summed E-state index contributed by atoms with van der Waals surface area (Å²) in [6.07, 6.45) is 6.46. The van der Waals surface area contributed by atoms with Crippen molar-refractivity contribution in [3.63, 3.8) is 0 Å². The van der Waals surface area contributed by atoms with E-state index in [1.165, 1.54) is 10.4 Å². The van der Waals surface area contributed by atoms with E-state index in [0.29, 0.717) is 25.2 Å². The lowest BCUT2D eigenvalue weighted by molar-refractivity contribution is 0.0950. The highest BCUT2D eigenvalue weighted by atomic mass is 32.2. The topological polar surface area (TPSA) is 84.3 Å². The number of imidazole rings is 1. The lowest BCUT2D eigenvalue weighted by atomic mass is 10.1. The van der Waals surface area contributed by atoms with Crippen molar-refractivity contribution in [2.45, 2.75) is 44.6 Å². The maximum Gasteiger partial charge on any atom is 0.251 e. The molecule has 168 valence electrons. The van der Waals surface area contributed by atoms with Gasteiger partial charge in [0.1, 0.15) is 5.82 Å². The van der Waals surface area contributed by atoms with Crippen molar-refractivity contribution >= 4 is 15.9 Å². The van der Waals surface area contributed by atoms with Gasteiger partial charge in [-0.2, -0.15) is 4.31 Å². The Kier molecular flexibility index (Phi) is 6.43. The fraction of sp³-hybridized carbons (Fsp3) is 0.333. The van der Waals surface area contributed by atoms with Gasteiger partial charge < -0.3 is 9.88 Å². The van der Waals surface area contributed by atoms with Crippen LogP contribution in [0.2, 0.25) is 0 Å². The Balaban J connectivity index is 1.46. The number of rotatable bonds is 6. The predicted octanol–water partition coefficient (Wildman–Crippen LogP) is 3.59. The third-order valence-corrected chi connectivity index (χ3v) is 7.79. The van der Waals surface area contributed by atoms with Gasteiger partial charge in [0, 0.05) is 43.3 Å². The molecule has 1 aliphatic rings. The summed E-state index contributed by atoms with van der Waals surface area (Å²) in [5, 5.41) is 2.91. The lowest BCUT2D eigenvalue weighted by Crippen LogP contribution is -2.35. The van der Waals surface area contributed by atoms with Crippen LogP contribution in [0.3, 0.4) is 0 Å². The normalized spacial score (nSPS) is 14.9. The maximum atomic E-state index is 13.0. The molecule has 0 unspecified atom stereocenters. The number of sulfonamides is 1. The fourth-order valence-electron chi connectivity index (χ4n) is 3.96. The standard InChI is InChI=1S/C24H28N4O3S/c1-18-6-11-22(32(30,31)27-13-4-3-5-14-27)16-23(18)24(29)26-17-20-7-9-21(10-8-20)28-15-12-25-19(28)2/h6-12,15-16H,3-5,13-14,17H2,1-2H3,(H,26,29). The summed E-state index contributed by atoms with van der Waals surface area (Å²) in [7, 11) is -3.59. The zero-order valence-electron chi connectivity index (χ0n) is 18.4. The molecule has 2 aromatic carbocycles. The minimum atomic E-state index is -3.59. The van der Waals surface area contributed by atoms with Gasteiger partial charge in [-0.05, 0) is 62.1 Å². The highest BCUT2D eigenvalue weighted by Crippen LogP contribution is 2.23. The highest BCUT2D eigenvalue weighted by Gasteiger charge is 2.27. The van der Waals surface area contributed by atoms with Crippen LogP contribution >= 0.6 is 0 Å². The molecule has 1 aliphatic heterocycles. The van der Waals surface area contributed by atoms with Crippen LogP contribution in [-0.2, 0) is 16.6 Å². The third kappa shape index (κ3) is 4.61. The number of aryl methyl sites for hydroxylation is 2. The second-order valence-electron chi connectivity index (χ2n) is 8.14. The Labute approximate surface area is 189 Å². The number of piperidine rings is 1. The molecule has 0 saturated carbocycles. The van der Waals surface area contributed by atoms with Gasteiger partial charge >= 0.3 is 0 Å². The van der Waals surface area contributed by atoms with Crippen LogP contribution in [0.4, 0.5) is 0 Å². The smallest absolute Gasteiger partial charge is 0.251 e. The first-order valence-electron chi connectivity index (χ1n) is 10.8. The first-order chi connectivity index (χ1) is 15.4. The number of nitrogens with one attached hydrogen (secondary N) is 1. The van der Waals surface area contributed by atoms with E-state index in [-0.39, 0.29) is 10.8 Å². The van der Waals surface area contributed by atoms with Crippen LogP contribution in [0.1, 0.15) is 46.6 Å². The molecule has 1 amide bonds. The summed E-state index contributed by atoms with van der Waals surface area (Å²) in [6.45, 7) is 5.17. The van der Waals surface area contributed by atoms with Crippen molar-refractivity contribution in [1.82, 2.24) is 19.2 Å². The molecule has 0 spiro atoms. The van der Waals surface area contributed by atoms with Crippen LogP contribution in [0.25, 0.3) is 5.69 Å². The quantitative estimate of drug-likeness (QED) is 0.619. The molecule has 2 heterocycles. The van der Waals surface area contributed by atoms with Crippen LogP contribution in [-0.4, -0.2) is 41.3 Å². The van der Waals surface area contributed by atoms with Gasteiger partial charge in [-0.3, -0.25) is 4.79 Å². The van der Waals surface area contributed by atoms with Gasteiger partial charge in [0.2, 0.25) is 10.0 Å². The lowest BCUT2D eigenvalue weighted by Gasteiger charge is -2.26. The van der Waals surface area contributed by atoms with Crippen LogP contribution < -0.4 is 5.32 Å².